The van der Waals surface area contributed by atoms with Gasteiger partial charge < -0.3 is 4.90 Å². The van der Waals surface area contributed by atoms with E-state index < -0.39 is 0 Å². The van der Waals surface area contributed by atoms with Crippen LogP contribution in [-0.2, 0) is 5.41 Å². The molecule has 0 bridgehead atoms. The molecule has 0 aliphatic heterocycles. The molecule has 0 heterocycles. The summed E-state index contributed by atoms with van der Waals surface area (Å²) in [5.74, 6) is 0. The highest BCUT2D eigenvalue weighted by Gasteiger charge is 2.35. The maximum absolute atomic E-state index is 2.38. The Morgan fingerprint density at radius 2 is 0.729 bits per heavy atom. The van der Waals surface area contributed by atoms with Gasteiger partial charge in [0.1, 0.15) is 0 Å². The molecule has 0 saturated heterocycles. The summed E-state index contributed by atoms with van der Waals surface area (Å²) < 4.78 is 0. The molecular weight excluding hydrogens is 579 g/mol. The molecule has 48 heavy (non-hydrogen) atoms. The molecule has 0 fully saturated rings. The quantitative estimate of drug-likeness (QED) is 0.179. The standard InChI is InChI=1S/C45H35N.C2H6/c1-45(2)43-20-12-11-19-41(43)42-31-38(29-30-44(42)45)46(36-25-21-33(22-26-36)32-13-5-3-6-14-32)37-27-23-35(24-28-37)40-18-10-9-17-39(40)34-15-7-4-8-16-34;1-2/h3-31H,1-2H3;1-2H3. The van der Waals surface area contributed by atoms with E-state index in [1.165, 1.54) is 55.6 Å². The van der Waals surface area contributed by atoms with Gasteiger partial charge in [0.05, 0.1) is 0 Å². The van der Waals surface area contributed by atoms with Gasteiger partial charge in [0.2, 0.25) is 0 Å². The van der Waals surface area contributed by atoms with Gasteiger partial charge in [-0.15, -0.1) is 0 Å². The smallest absolute Gasteiger partial charge is 0.0468 e. The zero-order valence-electron chi connectivity index (χ0n) is 28.2. The predicted molar refractivity (Wildman–Crippen MR) is 206 cm³/mol. The second-order valence-corrected chi connectivity index (χ2v) is 12.6. The molecule has 7 aromatic carbocycles. The van der Waals surface area contributed by atoms with Crippen LogP contribution in [0, 0.1) is 0 Å². The van der Waals surface area contributed by atoms with Crippen LogP contribution < -0.4 is 4.90 Å². The average molecular weight is 620 g/mol. The van der Waals surface area contributed by atoms with Crippen molar-refractivity contribution < 1.29 is 0 Å². The predicted octanol–water partition coefficient (Wildman–Crippen LogP) is 13.5. The number of rotatable bonds is 6. The van der Waals surface area contributed by atoms with Crippen molar-refractivity contribution in [2.45, 2.75) is 33.1 Å². The highest BCUT2D eigenvalue weighted by molar-refractivity contribution is 5.88. The van der Waals surface area contributed by atoms with Crippen LogP contribution in [0.1, 0.15) is 38.8 Å². The van der Waals surface area contributed by atoms with Gasteiger partial charge in [-0.1, -0.05) is 167 Å². The molecule has 0 unspecified atom stereocenters. The van der Waals surface area contributed by atoms with E-state index in [9.17, 15) is 0 Å². The first-order chi connectivity index (χ1) is 23.6. The van der Waals surface area contributed by atoms with Crippen LogP contribution in [0.5, 0.6) is 0 Å². The van der Waals surface area contributed by atoms with Crippen LogP contribution in [0.25, 0.3) is 44.5 Å². The van der Waals surface area contributed by atoms with Gasteiger partial charge in [-0.05, 0) is 92.0 Å². The van der Waals surface area contributed by atoms with Crippen LogP contribution >= 0.6 is 0 Å². The largest absolute Gasteiger partial charge is 0.310 e. The summed E-state index contributed by atoms with van der Waals surface area (Å²) >= 11 is 0. The van der Waals surface area contributed by atoms with E-state index in [2.05, 4.69) is 195 Å². The topological polar surface area (TPSA) is 3.24 Å². The molecule has 0 atom stereocenters. The van der Waals surface area contributed by atoms with Crippen LogP contribution in [0.4, 0.5) is 17.1 Å². The van der Waals surface area contributed by atoms with Crippen LogP contribution in [0.15, 0.2) is 176 Å². The molecule has 0 aromatic heterocycles. The number of hydrogen-bond donors (Lipinski definition) is 0. The van der Waals surface area contributed by atoms with Gasteiger partial charge in [-0.25, -0.2) is 0 Å². The normalized spacial score (nSPS) is 12.3. The molecule has 1 aliphatic rings. The Bertz CT molecular complexity index is 2140. The third-order valence-corrected chi connectivity index (χ3v) is 9.51. The highest BCUT2D eigenvalue weighted by Crippen LogP contribution is 2.50. The zero-order valence-corrected chi connectivity index (χ0v) is 28.2. The Morgan fingerprint density at radius 1 is 0.333 bits per heavy atom. The van der Waals surface area contributed by atoms with Crippen molar-refractivity contribution in [2.75, 3.05) is 4.90 Å². The van der Waals surface area contributed by atoms with Gasteiger partial charge in [0, 0.05) is 22.5 Å². The maximum Gasteiger partial charge on any atom is 0.0468 e. The van der Waals surface area contributed by atoms with Crippen LogP contribution in [-0.4, -0.2) is 0 Å². The fourth-order valence-electron chi connectivity index (χ4n) is 7.12. The van der Waals surface area contributed by atoms with E-state index >= 15 is 0 Å². The first-order valence-electron chi connectivity index (χ1n) is 17.0. The minimum atomic E-state index is -0.0274. The van der Waals surface area contributed by atoms with Crippen molar-refractivity contribution in [3.63, 3.8) is 0 Å². The van der Waals surface area contributed by atoms with E-state index in [4.69, 9.17) is 0 Å². The number of nitrogens with zero attached hydrogens (tertiary/aromatic N) is 1. The van der Waals surface area contributed by atoms with Crippen molar-refractivity contribution in [2.24, 2.45) is 0 Å². The summed E-state index contributed by atoms with van der Waals surface area (Å²) in [5, 5.41) is 0. The summed E-state index contributed by atoms with van der Waals surface area (Å²) in [7, 11) is 0. The van der Waals surface area contributed by atoms with Crippen molar-refractivity contribution in [3.8, 4) is 44.5 Å². The molecule has 1 heteroatoms. The number of hydrogen-bond acceptors (Lipinski definition) is 1. The fourth-order valence-corrected chi connectivity index (χ4v) is 7.12. The lowest BCUT2D eigenvalue weighted by atomic mass is 9.82. The van der Waals surface area contributed by atoms with E-state index in [-0.39, 0.29) is 5.41 Å². The van der Waals surface area contributed by atoms with E-state index in [0.717, 1.165) is 17.1 Å². The van der Waals surface area contributed by atoms with Crippen molar-refractivity contribution >= 4 is 17.1 Å². The molecule has 1 aliphatic carbocycles. The first kappa shape index (κ1) is 31.0. The van der Waals surface area contributed by atoms with Crippen molar-refractivity contribution in [3.05, 3.63) is 187 Å². The van der Waals surface area contributed by atoms with E-state index in [1.807, 2.05) is 13.8 Å². The van der Waals surface area contributed by atoms with Crippen LogP contribution in [0.2, 0.25) is 0 Å². The van der Waals surface area contributed by atoms with E-state index in [1.54, 1.807) is 0 Å². The Balaban J connectivity index is 0.00000179. The van der Waals surface area contributed by atoms with Gasteiger partial charge in [-0.3, -0.25) is 0 Å². The lowest BCUT2D eigenvalue weighted by molar-refractivity contribution is 0.660. The second kappa shape index (κ2) is 13.2. The minimum absolute atomic E-state index is 0.0274. The lowest BCUT2D eigenvalue weighted by Crippen LogP contribution is -2.15. The summed E-state index contributed by atoms with van der Waals surface area (Å²) in [4.78, 5) is 2.38. The fraction of sp³-hybridized carbons (Fsp3) is 0.106. The molecule has 0 saturated carbocycles. The lowest BCUT2D eigenvalue weighted by Gasteiger charge is -2.27. The minimum Gasteiger partial charge on any atom is -0.310 e. The molecule has 234 valence electrons. The molecule has 0 spiro atoms. The Hall–Kier alpha value is -5.66. The molecule has 8 rings (SSSR count). The van der Waals surface area contributed by atoms with Gasteiger partial charge in [0.25, 0.3) is 0 Å². The highest BCUT2D eigenvalue weighted by atomic mass is 15.1. The summed E-state index contributed by atoms with van der Waals surface area (Å²) in [5.41, 5.74) is 16.1. The van der Waals surface area contributed by atoms with Gasteiger partial charge in [0.15, 0.2) is 0 Å². The van der Waals surface area contributed by atoms with Crippen LogP contribution in [0.3, 0.4) is 0 Å². The molecular formula is C47H41N. The van der Waals surface area contributed by atoms with E-state index in [0.29, 0.717) is 0 Å². The molecule has 7 aromatic rings. The molecule has 1 nitrogen and oxygen atoms in total. The second-order valence-electron chi connectivity index (χ2n) is 12.6. The Labute approximate surface area is 285 Å². The maximum atomic E-state index is 2.38. The van der Waals surface area contributed by atoms with Crippen molar-refractivity contribution in [1.82, 2.24) is 0 Å². The van der Waals surface area contributed by atoms with Gasteiger partial charge in [-0.2, -0.15) is 0 Å². The first-order valence-corrected chi connectivity index (χ1v) is 17.0. The number of benzene rings is 7. The SMILES string of the molecule is CC.CC1(C)c2ccccc2-c2cc(N(c3ccc(-c4ccccc4)cc3)c3ccc(-c4ccccc4-c4ccccc4)cc3)ccc21. The Morgan fingerprint density at radius 3 is 1.31 bits per heavy atom. The molecule has 0 amide bonds. The molecule has 0 radical (unpaired) electrons. The Kier molecular flexibility index (Phi) is 8.53. The average Bonchev–Trinajstić information content (AvgIpc) is 3.39. The number of fused-ring (bicyclic) bond motifs is 3. The molecule has 0 N–H and O–H groups in total. The zero-order chi connectivity index (χ0) is 33.1. The summed E-state index contributed by atoms with van der Waals surface area (Å²) in [6, 6.07) is 63.7. The summed E-state index contributed by atoms with van der Waals surface area (Å²) in [6.07, 6.45) is 0. The summed E-state index contributed by atoms with van der Waals surface area (Å²) in [6.45, 7) is 8.67. The number of anilines is 3. The van der Waals surface area contributed by atoms with Gasteiger partial charge >= 0.3 is 0 Å². The third-order valence-electron chi connectivity index (χ3n) is 9.51. The van der Waals surface area contributed by atoms with Crippen molar-refractivity contribution in [1.29, 1.82) is 0 Å². The monoisotopic (exact) mass is 619 g/mol. The third kappa shape index (κ3) is 5.63.